The summed E-state index contributed by atoms with van der Waals surface area (Å²) in [6.45, 7) is 1.31. The highest BCUT2D eigenvalue weighted by Gasteiger charge is 2.15. The fraction of sp³-hybridized carbons (Fsp3) is 0.333. The number of nitro groups is 1. The van der Waals surface area contributed by atoms with Gasteiger partial charge in [-0.25, -0.2) is 0 Å². The van der Waals surface area contributed by atoms with E-state index in [4.69, 9.17) is 5.11 Å². The fourth-order valence-corrected chi connectivity index (χ4v) is 1.71. The highest BCUT2D eigenvalue weighted by Crippen LogP contribution is 2.14. The number of carboxylic acid groups (broad SMARTS) is 1. The first-order valence-electron chi connectivity index (χ1n) is 5.60. The van der Waals surface area contributed by atoms with Gasteiger partial charge in [-0.3, -0.25) is 19.7 Å². The predicted octanol–water partition coefficient (Wildman–Crippen LogP) is 1.12. The third kappa shape index (κ3) is 5.15. The molecule has 0 radical (unpaired) electrons. The van der Waals surface area contributed by atoms with E-state index in [0.717, 1.165) is 5.56 Å². The van der Waals surface area contributed by atoms with Crippen molar-refractivity contribution in [1.29, 1.82) is 0 Å². The van der Waals surface area contributed by atoms with Crippen molar-refractivity contribution in [2.24, 2.45) is 0 Å². The van der Waals surface area contributed by atoms with Gasteiger partial charge in [-0.15, -0.1) is 0 Å². The summed E-state index contributed by atoms with van der Waals surface area (Å²) in [6, 6.07) is 5.27. The first-order chi connectivity index (χ1) is 8.88. The molecule has 7 heteroatoms. The minimum Gasteiger partial charge on any atom is -0.481 e. The van der Waals surface area contributed by atoms with Gasteiger partial charge in [0.1, 0.15) is 0 Å². The van der Waals surface area contributed by atoms with Crippen molar-refractivity contribution in [3.05, 3.63) is 39.9 Å². The van der Waals surface area contributed by atoms with Crippen molar-refractivity contribution in [2.75, 3.05) is 0 Å². The number of amides is 1. The summed E-state index contributed by atoms with van der Waals surface area (Å²) in [5.74, 6) is -1.33. The van der Waals surface area contributed by atoms with Gasteiger partial charge in [0, 0.05) is 25.1 Å². The fourth-order valence-electron chi connectivity index (χ4n) is 1.71. The zero-order valence-electron chi connectivity index (χ0n) is 10.3. The molecule has 0 aliphatic carbocycles. The van der Waals surface area contributed by atoms with E-state index in [1.165, 1.54) is 19.1 Å². The van der Waals surface area contributed by atoms with Gasteiger partial charge in [0.15, 0.2) is 0 Å². The van der Waals surface area contributed by atoms with Crippen LogP contribution in [0.2, 0.25) is 0 Å². The minimum atomic E-state index is -1.01. The van der Waals surface area contributed by atoms with E-state index in [-0.39, 0.29) is 18.0 Å². The van der Waals surface area contributed by atoms with Gasteiger partial charge >= 0.3 is 5.97 Å². The maximum Gasteiger partial charge on any atom is 0.305 e. The summed E-state index contributed by atoms with van der Waals surface area (Å²) in [7, 11) is 0. The minimum absolute atomic E-state index is 0.0296. The molecule has 0 aliphatic rings. The van der Waals surface area contributed by atoms with Gasteiger partial charge in [-0.2, -0.15) is 0 Å². The third-order valence-corrected chi connectivity index (χ3v) is 2.46. The van der Waals surface area contributed by atoms with Crippen LogP contribution in [0.15, 0.2) is 24.3 Å². The Morgan fingerprint density at radius 2 is 1.95 bits per heavy atom. The molecule has 0 spiro atoms. The number of nitrogens with zero attached hydrogens (tertiary/aromatic N) is 1. The van der Waals surface area contributed by atoms with E-state index in [0.29, 0.717) is 6.42 Å². The number of non-ortho nitro benzene ring substituents is 1. The molecular formula is C12H14N2O5. The predicted molar refractivity (Wildman–Crippen MR) is 66.7 cm³/mol. The van der Waals surface area contributed by atoms with E-state index in [2.05, 4.69) is 5.32 Å². The topological polar surface area (TPSA) is 110 Å². The lowest BCUT2D eigenvalue weighted by molar-refractivity contribution is -0.384. The molecule has 1 amide bonds. The van der Waals surface area contributed by atoms with E-state index < -0.39 is 16.9 Å². The SMILES string of the molecule is CC(=O)N[C@@H](CC(=O)O)Cc1ccc([N+](=O)[O-])cc1. The zero-order valence-corrected chi connectivity index (χ0v) is 10.3. The van der Waals surface area contributed by atoms with Crippen LogP contribution in [0.25, 0.3) is 0 Å². The largest absolute Gasteiger partial charge is 0.481 e. The highest BCUT2D eigenvalue weighted by atomic mass is 16.6. The molecule has 102 valence electrons. The first kappa shape index (κ1) is 14.6. The average Bonchev–Trinajstić information content (AvgIpc) is 2.27. The molecule has 0 bridgehead atoms. The standard InChI is InChI=1S/C12H14N2O5/c1-8(15)13-10(7-12(16)17)6-9-2-4-11(5-3-9)14(18)19/h2-5,10H,6-7H2,1H3,(H,13,15)(H,16,17)/t10-/m1/s1. The number of aliphatic carboxylic acids is 1. The Kier molecular flexibility index (Phi) is 4.99. The molecule has 0 aliphatic heterocycles. The average molecular weight is 266 g/mol. The summed E-state index contributed by atoms with van der Waals surface area (Å²) < 4.78 is 0. The van der Waals surface area contributed by atoms with Gasteiger partial charge in [0.2, 0.25) is 5.91 Å². The van der Waals surface area contributed by atoms with Crippen molar-refractivity contribution < 1.29 is 19.6 Å². The Labute approximate surface area is 109 Å². The number of nitro benzene ring substituents is 1. The van der Waals surface area contributed by atoms with E-state index in [1.807, 2.05) is 0 Å². The highest BCUT2D eigenvalue weighted by molar-refractivity contribution is 5.75. The number of hydrogen-bond donors (Lipinski definition) is 2. The van der Waals surface area contributed by atoms with Crippen LogP contribution < -0.4 is 5.32 Å². The third-order valence-electron chi connectivity index (χ3n) is 2.46. The van der Waals surface area contributed by atoms with E-state index in [1.54, 1.807) is 12.1 Å². The summed E-state index contributed by atoms with van der Waals surface area (Å²) in [6.07, 6.45) is 0.112. The second kappa shape index (κ2) is 6.48. The number of carbonyl (C=O) groups is 2. The molecule has 0 saturated carbocycles. The van der Waals surface area contributed by atoms with Crippen LogP contribution in [0, 0.1) is 10.1 Å². The smallest absolute Gasteiger partial charge is 0.305 e. The Morgan fingerprint density at radius 1 is 1.37 bits per heavy atom. The van der Waals surface area contributed by atoms with Crippen LogP contribution in [-0.4, -0.2) is 27.9 Å². The molecule has 1 aromatic rings. The summed E-state index contributed by atoms with van der Waals surface area (Å²) in [4.78, 5) is 31.6. The number of hydrogen-bond acceptors (Lipinski definition) is 4. The van der Waals surface area contributed by atoms with Crippen LogP contribution in [0.4, 0.5) is 5.69 Å². The van der Waals surface area contributed by atoms with Gasteiger partial charge in [-0.05, 0) is 12.0 Å². The number of carbonyl (C=O) groups excluding carboxylic acids is 1. The number of rotatable bonds is 6. The second-order valence-electron chi connectivity index (χ2n) is 4.12. The van der Waals surface area contributed by atoms with Crippen LogP contribution in [0.5, 0.6) is 0 Å². The van der Waals surface area contributed by atoms with E-state index >= 15 is 0 Å². The maximum atomic E-state index is 11.0. The van der Waals surface area contributed by atoms with Gasteiger partial charge < -0.3 is 10.4 Å². The lowest BCUT2D eigenvalue weighted by Crippen LogP contribution is -2.36. The van der Waals surface area contributed by atoms with Crippen LogP contribution >= 0.6 is 0 Å². The first-order valence-corrected chi connectivity index (χ1v) is 5.60. The molecule has 0 fully saturated rings. The summed E-state index contributed by atoms with van der Waals surface area (Å²) in [5, 5.41) is 21.8. The summed E-state index contributed by atoms with van der Waals surface area (Å²) >= 11 is 0. The lowest BCUT2D eigenvalue weighted by atomic mass is 10.0. The molecule has 1 atom stereocenters. The van der Waals surface area contributed by atoms with Gasteiger partial charge in [-0.1, -0.05) is 12.1 Å². The van der Waals surface area contributed by atoms with Crippen molar-refractivity contribution >= 4 is 17.6 Å². The lowest BCUT2D eigenvalue weighted by Gasteiger charge is -2.15. The van der Waals surface area contributed by atoms with Crippen LogP contribution in [0.3, 0.4) is 0 Å². The molecule has 1 aromatic carbocycles. The van der Waals surface area contributed by atoms with Crippen LogP contribution in [0.1, 0.15) is 18.9 Å². The number of carboxylic acids is 1. The van der Waals surface area contributed by atoms with Crippen LogP contribution in [-0.2, 0) is 16.0 Å². The molecular weight excluding hydrogens is 252 g/mol. The second-order valence-corrected chi connectivity index (χ2v) is 4.12. The normalized spacial score (nSPS) is 11.6. The van der Waals surface area contributed by atoms with E-state index in [9.17, 15) is 19.7 Å². The molecule has 7 nitrogen and oxygen atoms in total. The Bertz CT molecular complexity index is 467. The number of benzene rings is 1. The number of nitrogens with one attached hydrogen (secondary N) is 1. The Hall–Kier alpha value is -2.44. The molecule has 2 N–H and O–H groups in total. The molecule has 0 aromatic heterocycles. The molecule has 19 heavy (non-hydrogen) atoms. The van der Waals surface area contributed by atoms with Crippen molar-refractivity contribution in [1.82, 2.24) is 5.32 Å². The quantitative estimate of drug-likeness (QED) is 0.592. The Balaban J connectivity index is 2.74. The molecule has 0 saturated heterocycles. The zero-order chi connectivity index (χ0) is 14.4. The molecule has 1 rings (SSSR count). The maximum absolute atomic E-state index is 11.0. The van der Waals surface area contributed by atoms with Gasteiger partial charge in [0.25, 0.3) is 5.69 Å². The van der Waals surface area contributed by atoms with Crippen molar-refractivity contribution in [2.45, 2.75) is 25.8 Å². The molecule has 0 unspecified atom stereocenters. The molecule has 0 heterocycles. The van der Waals surface area contributed by atoms with Gasteiger partial charge in [0.05, 0.1) is 11.3 Å². The monoisotopic (exact) mass is 266 g/mol. The van der Waals surface area contributed by atoms with Crippen molar-refractivity contribution in [3.63, 3.8) is 0 Å². The van der Waals surface area contributed by atoms with Crippen molar-refractivity contribution in [3.8, 4) is 0 Å². The Morgan fingerprint density at radius 3 is 2.37 bits per heavy atom. The summed E-state index contributed by atoms with van der Waals surface area (Å²) in [5.41, 5.74) is 0.698.